The lowest BCUT2D eigenvalue weighted by Crippen LogP contribution is -1.98. The van der Waals surface area contributed by atoms with Crippen molar-refractivity contribution in [3.05, 3.63) is 80.8 Å². The van der Waals surface area contributed by atoms with Gasteiger partial charge in [0.1, 0.15) is 12.4 Å². The van der Waals surface area contributed by atoms with Crippen LogP contribution in [-0.2, 0) is 6.61 Å². The molecule has 0 spiro atoms. The zero-order chi connectivity index (χ0) is 18.7. The maximum Gasteiger partial charge on any atom is 0.153 e. The molecule has 0 aliphatic heterocycles. The minimum Gasteiger partial charge on any atom is -0.505 e. The molecule has 0 atom stereocenters. The number of carbonyl (C=O) groups excluding carboxylic acids is 1. The van der Waals surface area contributed by atoms with Crippen LogP contribution in [0.25, 0.3) is 11.1 Å². The Hall–Kier alpha value is -2.20. The van der Waals surface area contributed by atoms with Gasteiger partial charge in [0.25, 0.3) is 0 Å². The predicted molar refractivity (Wildman–Crippen MR) is 105 cm³/mol. The van der Waals surface area contributed by atoms with Crippen LogP contribution in [0.5, 0.6) is 11.5 Å². The minimum atomic E-state index is -0.171. The lowest BCUT2D eigenvalue weighted by Gasteiger charge is -2.11. The number of carbonyl (C=O) groups is 1. The molecule has 0 saturated carbocycles. The van der Waals surface area contributed by atoms with Gasteiger partial charge in [0.05, 0.1) is 15.6 Å². The summed E-state index contributed by atoms with van der Waals surface area (Å²) in [4.78, 5) is 11.5. The molecule has 0 aromatic heterocycles. The van der Waals surface area contributed by atoms with Gasteiger partial charge in [0, 0.05) is 5.02 Å². The lowest BCUT2D eigenvalue weighted by atomic mass is 10.0. The Morgan fingerprint density at radius 2 is 1.54 bits per heavy atom. The summed E-state index contributed by atoms with van der Waals surface area (Å²) in [7, 11) is 0. The zero-order valence-electron chi connectivity index (χ0n) is 13.4. The Morgan fingerprint density at radius 3 is 2.15 bits per heavy atom. The number of hydrogen-bond acceptors (Lipinski definition) is 3. The number of rotatable bonds is 5. The molecule has 0 aliphatic rings. The third-order valence-corrected chi connectivity index (χ3v) is 4.62. The largest absolute Gasteiger partial charge is 0.505 e. The topological polar surface area (TPSA) is 46.5 Å². The third-order valence-electron chi connectivity index (χ3n) is 3.79. The average Bonchev–Trinajstić information content (AvgIpc) is 2.65. The van der Waals surface area contributed by atoms with Crippen molar-refractivity contribution in [3.8, 4) is 22.6 Å². The Kier molecular flexibility index (Phi) is 5.72. The number of phenols is 1. The first-order chi connectivity index (χ1) is 12.5. The van der Waals surface area contributed by atoms with Crippen molar-refractivity contribution < 1.29 is 14.6 Å². The second kappa shape index (κ2) is 8.00. The maximum atomic E-state index is 11.5. The molecule has 26 heavy (non-hydrogen) atoms. The Morgan fingerprint density at radius 1 is 0.885 bits per heavy atom. The molecule has 0 unspecified atom stereocenters. The summed E-state index contributed by atoms with van der Waals surface area (Å²) in [5.74, 6) is 0.297. The molecule has 0 saturated heterocycles. The molecule has 1 N–H and O–H groups in total. The molecule has 3 rings (SSSR count). The van der Waals surface area contributed by atoms with Gasteiger partial charge in [-0.05, 0) is 53.1 Å². The molecular formula is C20H13Cl3O3. The van der Waals surface area contributed by atoms with Crippen LogP contribution in [0.15, 0.2) is 54.6 Å². The lowest BCUT2D eigenvalue weighted by molar-refractivity contribution is 0.111. The van der Waals surface area contributed by atoms with E-state index in [4.69, 9.17) is 39.5 Å². The fourth-order valence-electron chi connectivity index (χ4n) is 2.43. The van der Waals surface area contributed by atoms with Crippen molar-refractivity contribution in [1.29, 1.82) is 0 Å². The van der Waals surface area contributed by atoms with Crippen molar-refractivity contribution in [2.24, 2.45) is 0 Å². The van der Waals surface area contributed by atoms with E-state index < -0.39 is 0 Å². The van der Waals surface area contributed by atoms with Gasteiger partial charge in [-0.1, -0.05) is 53.0 Å². The van der Waals surface area contributed by atoms with Crippen LogP contribution in [0.4, 0.5) is 0 Å². The molecule has 0 aliphatic carbocycles. The maximum absolute atomic E-state index is 11.5. The van der Waals surface area contributed by atoms with E-state index in [2.05, 4.69) is 0 Å². The Bertz CT molecular complexity index is 930. The Balaban J connectivity index is 1.86. The first-order valence-corrected chi connectivity index (χ1v) is 8.76. The van der Waals surface area contributed by atoms with Crippen molar-refractivity contribution in [2.75, 3.05) is 0 Å². The monoisotopic (exact) mass is 406 g/mol. The van der Waals surface area contributed by atoms with E-state index in [1.807, 2.05) is 12.1 Å². The first-order valence-electron chi connectivity index (χ1n) is 7.63. The van der Waals surface area contributed by atoms with E-state index in [0.29, 0.717) is 28.5 Å². The molecule has 3 nitrogen and oxygen atoms in total. The number of aromatic hydroxyl groups is 1. The van der Waals surface area contributed by atoms with Gasteiger partial charge < -0.3 is 9.84 Å². The number of aldehydes is 1. The van der Waals surface area contributed by atoms with Crippen LogP contribution in [0.3, 0.4) is 0 Å². The number of benzene rings is 3. The quantitative estimate of drug-likeness (QED) is 0.497. The molecule has 0 heterocycles. The zero-order valence-corrected chi connectivity index (χ0v) is 15.6. The van der Waals surface area contributed by atoms with Crippen LogP contribution in [0, 0.1) is 0 Å². The molecule has 3 aromatic carbocycles. The second-order valence-corrected chi connectivity index (χ2v) is 6.82. The minimum absolute atomic E-state index is 0.142. The van der Waals surface area contributed by atoms with Crippen molar-refractivity contribution >= 4 is 41.1 Å². The highest BCUT2D eigenvalue weighted by molar-refractivity contribution is 6.37. The molecule has 0 fully saturated rings. The van der Waals surface area contributed by atoms with Crippen molar-refractivity contribution in [3.63, 3.8) is 0 Å². The number of hydrogen-bond donors (Lipinski definition) is 1. The highest BCUT2D eigenvalue weighted by atomic mass is 35.5. The van der Waals surface area contributed by atoms with Gasteiger partial charge >= 0.3 is 0 Å². The van der Waals surface area contributed by atoms with Gasteiger partial charge in [-0.3, -0.25) is 4.79 Å². The third kappa shape index (κ3) is 4.13. The van der Waals surface area contributed by atoms with Gasteiger partial charge in [0.15, 0.2) is 12.0 Å². The van der Waals surface area contributed by atoms with Crippen LogP contribution >= 0.6 is 34.8 Å². The second-order valence-electron chi connectivity index (χ2n) is 5.57. The SMILES string of the molecule is O=Cc1cc(-c2cc(Cl)c(O)c(Cl)c2)ccc1OCc1ccc(Cl)cc1. The molecule has 0 bridgehead atoms. The average molecular weight is 408 g/mol. The molecule has 6 heteroatoms. The summed E-state index contributed by atoms with van der Waals surface area (Å²) < 4.78 is 5.74. The normalized spacial score (nSPS) is 10.6. The van der Waals surface area contributed by atoms with Gasteiger partial charge in [-0.25, -0.2) is 0 Å². The Labute approximate surface area is 165 Å². The van der Waals surface area contributed by atoms with E-state index in [1.165, 1.54) is 0 Å². The number of phenolic OH excluding ortho intramolecular Hbond substituents is 1. The number of halogens is 3. The summed E-state index contributed by atoms with van der Waals surface area (Å²) >= 11 is 17.8. The van der Waals surface area contributed by atoms with E-state index in [9.17, 15) is 9.90 Å². The molecule has 3 aromatic rings. The summed E-state index contributed by atoms with van der Waals surface area (Å²) in [5.41, 5.74) is 2.75. The molecular weight excluding hydrogens is 395 g/mol. The fraction of sp³-hybridized carbons (Fsp3) is 0.0500. The smallest absolute Gasteiger partial charge is 0.153 e. The fourth-order valence-corrected chi connectivity index (χ4v) is 3.04. The van der Waals surface area contributed by atoms with Gasteiger partial charge in [-0.2, -0.15) is 0 Å². The van der Waals surface area contributed by atoms with Crippen LogP contribution in [0.1, 0.15) is 15.9 Å². The van der Waals surface area contributed by atoms with Gasteiger partial charge in [0.2, 0.25) is 0 Å². The van der Waals surface area contributed by atoms with E-state index >= 15 is 0 Å². The molecule has 0 radical (unpaired) electrons. The highest BCUT2D eigenvalue weighted by Crippen LogP contribution is 2.37. The van der Waals surface area contributed by atoms with E-state index in [1.54, 1.807) is 42.5 Å². The summed E-state index contributed by atoms with van der Waals surface area (Å²) in [5, 5.41) is 10.6. The number of ether oxygens (including phenoxy) is 1. The highest BCUT2D eigenvalue weighted by Gasteiger charge is 2.11. The summed E-state index contributed by atoms with van der Waals surface area (Å²) in [6, 6.07) is 15.6. The van der Waals surface area contributed by atoms with Crippen molar-refractivity contribution in [1.82, 2.24) is 0 Å². The standard InChI is InChI=1S/C20H13Cl3O3/c21-16-4-1-12(2-5-16)11-26-19-6-3-13(7-15(19)10-24)14-8-17(22)20(25)18(23)9-14/h1-10,25H,11H2. The van der Waals surface area contributed by atoms with E-state index in [0.717, 1.165) is 17.4 Å². The molecule has 132 valence electrons. The predicted octanol–water partition coefficient (Wildman–Crippen LogP) is 6.41. The van der Waals surface area contributed by atoms with Crippen LogP contribution in [-0.4, -0.2) is 11.4 Å². The summed E-state index contributed by atoms with van der Waals surface area (Å²) in [6.07, 6.45) is 0.727. The molecule has 0 amide bonds. The van der Waals surface area contributed by atoms with Gasteiger partial charge in [-0.15, -0.1) is 0 Å². The van der Waals surface area contributed by atoms with Crippen LogP contribution in [0.2, 0.25) is 15.1 Å². The first kappa shape index (κ1) is 18.6. The van der Waals surface area contributed by atoms with Crippen LogP contribution < -0.4 is 4.74 Å². The van der Waals surface area contributed by atoms with Crippen molar-refractivity contribution in [2.45, 2.75) is 6.61 Å². The summed E-state index contributed by atoms with van der Waals surface area (Å²) in [6.45, 7) is 0.314. The van der Waals surface area contributed by atoms with E-state index in [-0.39, 0.29) is 15.8 Å².